The molecule has 0 spiro atoms. The third-order valence-corrected chi connectivity index (χ3v) is 4.57. The van der Waals surface area contributed by atoms with Crippen LogP contribution in [0.4, 0.5) is 11.4 Å². The van der Waals surface area contributed by atoms with Gasteiger partial charge in [0.25, 0.3) is 0 Å². The van der Waals surface area contributed by atoms with Crippen molar-refractivity contribution in [3.63, 3.8) is 0 Å². The van der Waals surface area contributed by atoms with Crippen LogP contribution in [-0.4, -0.2) is 24.2 Å². The molecule has 1 rings (SSSR count). The summed E-state index contributed by atoms with van der Waals surface area (Å²) in [6, 6.07) is 6.29. The van der Waals surface area contributed by atoms with Gasteiger partial charge in [0.2, 0.25) is 0 Å². The van der Waals surface area contributed by atoms with Crippen LogP contribution in [0.5, 0.6) is 0 Å². The standard InChI is InChI=1S/C20H34N2O2/c1-3-22(18-13-14-19(21)17(2)16-18)15-11-9-7-5-4-6-8-10-12-20(23)24/h13-14,16H,3-12,15,21H2,1-2H3,(H,23,24). The van der Waals surface area contributed by atoms with Crippen LogP contribution in [0, 0.1) is 6.92 Å². The Morgan fingerprint density at radius 3 is 2.17 bits per heavy atom. The molecule has 24 heavy (non-hydrogen) atoms. The molecule has 0 amide bonds. The molecule has 0 fully saturated rings. The number of nitrogen functional groups attached to an aromatic ring is 1. The summed E-state index contributed by atoms with van der Waals surface area (Å²) in [6.07, 6.45) is 9.60. The molecule has 1 aromatic rings. The molecule has 0 aliphatic rings. The summed E-state index contributed by atoms with van der Waals surface area (Å²) in [5.41, 5.74) is 9.17. The first-order valence-electron chi connectivity index (χ1n) is 9.37. The quantitative estimate of drug-likeness (QED) is 0.393. The Labute approximate surface area is 147 Å². The molecule has 0 aliphatic carbocycles. The molecule has 0 unspecified atom stereocenters. The SMILES string of the molecule is CCN(CCCCCCCCCCC(=O)O)c1ccc(N)c(C)c1. The average Bonchev–Trinajstić information content (AvgIpc) is 2.55. The molecule has 3 N–H and O–H groups in total. The van der Waals surface area contributed by atoms with Gasteiger partial charge < -0.3 is 15.7 Å². The minimum atomic E-state index is -0.674. The molecule has 0 saturated heterocycles. The number of carboxylic acid groups (broad SMARTS) is 1. The highest BCUT2D eigenvalue weighted by Crippen LogP contribution is 2.21. The Kier molecular flexibility index (Phi) is 9.97. The maximum atomic E-state index is 10.4. The topological polar surface area (TPSA) is 66.6 Å². The van der Waals surface area contributed by atoms with Crippen molar-refractivity contribution in [2.24, 2.45) is 0 Å². The molecule has 0 aromatic heterocycles. The maximum absolute atomic E-state index is 10.4. The minimum absolute atomic E-state index is 0.317. The lowest BCUT2D eigenvalue weighted by Gasteiger charge is -2.24. The number of rotatable bonds is 13. The van der Waals surface area contributed by atoms with E-state index in [1.54, 1.807) is 0 Å². The van der Waals surface area contributed by atoms with Crippen LogP contribution in [0.15, 0.2) is 18.2 Å². The normalized spacial score (nSPS) is 10.8. The van der Waals surface area contributed by atoms with Crippen LogP contribution < -0.4 is 10.6 Å². The van der Waals surface area contributed by atoms with Crippen LogP contribution in [0.25, 0.3) is 0 Å². The summed E-state index contributed by atoms with van der Waals surface area (Å²) < 4.78 is 0. The second kappa shape index (κ2) is 11.8. The number of nitrogens with two attached hydrogens (primary N) is 1. The van der Waals surface area contributed by atoms with Crippen LogP contribution in [0.1, 0.15) is 70.3 Å². The smallest absolute Gasteiger partial charge is 0.303 e. The summed E-state index contributed by atoms with van der Waals surface area (Å²) in [6.45, 7) is 6.37. The molecule has 4 nitrogen and oxygen atoms in total. The van der Waals surface area contributed by atoms with Crippen molar-refractivity contribution in [1.29, 1.82) is 0 Å². The Morgan fingerprint density at radius 1 is 1.04 bits per heavy atom. The molecule has 0 heterocycles. The molecular formula is C20H34N2O2. The third kappa shape index (κ3) is 8.23. The van der Waals surface area contributed by atoms with E-state index in [1.807, 2.05) is 6.07 Å². The van der Waals surface area contributed by atoms with Crippen molar-refractivity contribution >= 4 is 17.3 Å². The van der Waals surface area contributed by atoms with Crippen molar-refractivity contribution in [2.45, 2.75) is 71.6 Å². The van der Waals surface area contributed by atoms with Crippen LogP contribution in [0.3, 0.4) is 0 Å². The van der Waals surface area contributed by atoms with Gasteiger partial charge in [0.1, 0.15) is 0 Å². The van der Waals surface area contributed by atoms with E-state index in [2.05, 4.69) is 30.9 Å². The first kappa shape index (κ1) is 20.3. The number of hydrogen-bond acceptors (Lipinski definition) is 3. The van der Waals surface area contributed by atoms with E-state index in [4.69, 9.17) is 10.8 Å². The van der Waals surface area contributed by atoms with Gasteiger partial charge in [-0.3, -0.25) is 4.79 Å². The number of aryl methyl sites for hydroxylation is 1. The van der Waals surface area contributed by atoms with E-state index in [1.165, 1.54) is 44.2 Å². The van der Waals surface area contributed by atoms with Gasteiger partial charge in [-0.2, -0.15) is 0 Å². The number of anilines is 2. The molecule has 1 aromatic carbocycles. The lowest BCUT2D eigenvalue weighted by molar-refractivity contribution is -0.137. The number of carbonyl (C=O) groups is 1. The highest BCUT2D eigenvalue weighted by atomic mass is 16.4. The molecular weight excluding hydrogens is 300 g/mol. The summed E-state index contributed by atoms with van der Waals surface area (Å²) >= 11 is 0. The van der Waals surface area contributed by atoms with Crippen molar-refractivity contribution in [2.75, 3.05) is 23.7 Å². The summed E-state index contributed by atoms with van der Waals surface area (Å²) in [5, 5.41) is 8.58. The molecule has 0 atom stereocenters. The van der Waals surface area contributed by atoms with Crippen molar-refractivity contribution < 1.29 is 9.90 Å². The third-order valence-electron chi connectivity index (χ3n) is 4.57. The number of carboxylic acids is 1. The van der Waals surface area contributed by atoms with Gasteiger partial charge in [-0.1, -0.05) is 38.5 Å². The zero-order valence-corrected chi connectivity index (χ0v) is 15.4. The fraction of sp³-hybridized carbons (Fsp3) is 0.650. The first-order valence-corrected chi connectivity index (χ1v) is 9.37. The number of nitrogens with zero attached hydrogens (tertiary/aromatic N) is 1. The predicted molar refractivity (Wildman–Crippen MR) is 103 cm³/mol. The lowest BCUT2D eigenvalue weighted by Crippen LogP contribution is -2.24. The van der Waals surface area contributed by atoms with Gasteiger partial charge in [0.05, 0.1) is 0 Å². The molecule has 0 bridgehead atoms. The second-order valence-corrected chi connectivity index (χ2v) is 6.59. The minimum Gasteiger partial charge on any atom is -0.481 e. The first-order chi connectivity index (χ1) is 11.5. The van der Waals surface area contributed by atoms with Crippen molar-refractivity contribution in [3.05, 3.63) is 23.8 Å². The molecule has 0 radical (unpaired) electrons. The highest BCUT2D eigenvalue weighted by molar-refractivity contribution is 5.66. The van der Waals surface area contributed by atoms with Gasteiger partial charge >= 0.3 is 5.97 Å². The average molecular weight is 335 g/mol. The van der Waals surface area contributed by atoms with E-state index in [9.17, 15) is 4.79 Å². The summed E-state index contributed by atoms with van der Waals surface area (Å²) in [5.74, 6) is -0.674. The number of aliphatic carboxylic acids is 1. The van der Waals surface area contributed by atoms with Gasteiger partial charge in [0, 0.05) is 30.9 Å². The fourth-order valence-corrected chi connectivity index (χ4v) is 2.97. The second-order valence-electron chi connectivity index (χ2n) is 6.59. The Balaban J connectivity index is 2.10. The molecule has 0 aliphatic heterocycles. The Morgan fingerprint density at radius 2 is 1.62 bits per heavy atom. The van der Waals surface area contributed by atoms with Crippen LogP contribution in [-0.2, 0) is 4.79 Å². The maximum Gasteiger partial charge on any atom is 0.303 e. The van der Waals surface area contributed by atoms with Crippen molar-refractivity contribution in [3.8, 4) is 0 Å². The van der Waals surface area contributed by atoms with E-state index in [0.717, 1.165) is 37.2 Å². The van der Waals surface area contributed by atoms with Crippen LogP contribution >= 0.6 is 0 Å². The van der Waals surface area contributed by atoms with E-state index in [0.29, 0.717) is 6.42 Å². The number of unbranched alkanes of at least 4 members (excludes halogenated alkanes) is 7. The summed E-state index contributed by atoms with van der Waals surface area (Å²) in [7, 11) is 0. The van der Waals surface area contributed by atoms with Gasteiger partial charge in [-0.15, -0.1) is 0 Å². The molecule has 0 saturated carbocycles. The van der Waals surface area contributed by atoms with Crippen molar-refractivity contribution in [1.82, 2.24) is 0 Å². The summed E-state index contributed by atoms with van der Waals surface area (Å²) in [4.78, 5) is 12.8. The van der Waals surface area contributed by atoms with Crippen LogP contribution in [0.2, 0.25) is 0 Å². The molecule has 4 heteroatoms. The van der Waals surface area contributed by atoms with E-state index >= 15 is 0 Å². The fourth-order valence-electron chi connectivity index (χ4n) is 2.97. The zero-order valence-electron chi connectivity index (χ0n) is 15.4. The monoisotopic (exact) mass is 334 g/mol. The largest absolute Gasteiger partial charge is 0.481 e. The highest BCUT2D eigenvalue weighted by Gasteiger charge is 2.05. The Bertz CT molecular complexity index is 489. The van der Waals surface area contributed by atoms with E-state index < -0.39 is 5.97 Å². The zero-order chi connectivity index (χ0) is 17.8. The number of benzene rings is 1. The lowest BCUT2D eigenvalue weighted by atomic mass is 10.1. The Hall–Kier alpha value is -1.71. The predicted octanol–water partition coefficient (Wildman–Crippen LogP) is 5.00. The van der Waals surface area contributed by atoms with Gasteiger partial charge in [0.15, 0.2) is 0 Å². The van der Waals surface area contributed by atoms with Gasteiger partial charge in [-0.05, 0) is 50.5 Å². The van der Waals surface area contributed by atoms with E-state index in [-0.39, 0.29) is 0 Å². The number of hydrogen-bond donors (Lipinski definition) is 2. The van der Waals surface area contributed by atoms with Gasteiger partial charge in [-0.25, -0.2) is 0 Å². The molecule has 136 valence electrons.